The van der Waals surface area contributed by atoms with Crippen LogP contribution in [-0.4, -0.2) is 64.2 Å². The minimum absolute atomic E-state index is 0.0285. The molecule has 1 aromatic carbocycles. The maximum atomic E-state index is 12.8. The average molecular weight is 358 g/mol. The minimum Gasteiger partial charge on any atom is -0.351 e. The minimum atomic E-state index is -3.41. The van der Waals surface area contributed by atoms with Crippen molar-refractivity contribution in [3.8, 4) is 0 Å². The van der Waals surface area contributed by atoms with E-state index in [1.54, 1.807) is 7.05 Å². The summed E-state index contributed by atoms with van der Waals surface area (Å²) >= 11 is 0. The van der Waals surface area contributed by atoms with Gasteiger partial charge in [-0.2, -0.15) is 0 Å². The van der Waals surface area contributed by atoms with E-state index in [4.69, 9.17) is 0 Å². The first-order valence-electron chi connectivity index (χ1n) is 8.10. The molecule has 1 aliphatic heterocycles. The summed E-state index contributed by atoms with van der Waals surface area (Å²) in [7, 11) is 0.308. The number of nitrogens with zero attached hydrogens (tertiary/aromatic N) is 1. The molecule has 1 aromatic rings. The summed E-state index contributed by atoms with van der Waals surface area (Å²) < 4.78 is 39.1. The third-order valence-corrected chi connectivity index (χ3v) is 6.41. The predicted molar refractivity (Wildman–Crippen MR) is 89.9 cm³/mol. The van der Waals surface area contributed by atoms with Crippen molar-refractivity contribution < 1.29 is 22.5 Å². The van der Waals surface area contributed by atoms with Gasteiger partial charge in [0.15, 0.2) is 0 Å². The number of hydrogen-bond acceptors (Lipinski definition) is 3. The number of likely N-dealkylation sites (tertiary alicyclic amines) is 1. The number of carbonyl (C=O) groups is 1. The van der Waals surface area contributed by atoms with Crippen LogP contribution in [0.4, 0.5) is 4.39 Å². The third kappa shape index (κ3) is 4.99. The molecule has 2 rings (SSSR count). The molecule has 24 heavy (non-hydrogen) atoms. The summed E-state index contributed by atoms with van der Waals surface area (Å²) in [5.41, 5.74) is 0.306. The first kappa shape index (κ1) is 18.8. The van der Waals surface area contributed by atoms with Crippen molar-refractivity contribution in [1.29, 1.82) is 0 Å². The summed E-state index contributed by atoms with van der Waals surface area (Å²) in [5.74, 6) is -0.971. The van der Waals surface area contributed by atoms with Crippen LogP contribution in [0.3, 0.4) is 0 Å². The van der Waals surface area contributed by atoms with Gasteiger partial charge in [-0.05, 0) is 24.3 Å². The van der Waals surface area contributed by atoms with Crippen LogP contribution in [0.25, 0.3) is 0 Å². The van der Waals surface area contributed by atoms with Crippen molar-refractivity contribution in [3.05, 3.63) is 35.6 Å². The van der Waals surface area contributed by atoms with Crippen molar-refractivity contribution >= 4 is 15.9 Å². The second-order valence-electron chi connectivity index (χ2n) is 6.28. The molecule has 1 saturated heterocycles. The molecule has 0 radical (unpaired) electrons. The Labute approximate surface area is 142 Å². The van der Waals surface area contributed by atoms with E-state index in [0.29, 0.717) is 5.56 Å². The Kier molecular flexibility index (Phi) is 6.31. The van der Waals surface area contributed by atoms with Gasteiger partial charge in [0.05, 0.1) is 25.9 Å². The van der Waals surface area contributed by atoms with Crippen LogP contribution < -0.4 is 10.2 Å². The fraction of sp³-hybridized carbons (Fsp3) is 0.562. The van der Waals surface area contributed by atoms with Gasteiger partial charge in [-0.15, -0.1) is 0 Å². The highest BCUT2D eigenvalue weighted by atomic mass is 32.2. The highest BCUT2D eigenvalue weighted by Crippen LogP contribution is 2.12. The number of amides is 1. The fourth-order valence-corrected chi connectivity index (χ4v) is 4.14. The van der Waals surface area contributed by atoms with Crippen LogP contribution in [0.1, 0.15) is 23.2 Å². The van der Waals surface area contributed by atoms with Gasteiger partial charge in [0.2, 0.25) is 10.0 Å². The van der Waals surface area contributed by atoms with E-state index in [-0.39, 0.29) is 18.3 Å². The molecular weight excluding hydrogens is 333 g/mol. The second-order valence-corrected chi connectivity index (χ2v) is 8.43. The molecule has 0 spiro atoms. The lowest BCUT2D eigenvalue weighted by Gasteiger charge is -2.32. The lowest BCUT2D eigenvalue weighted by molar-refractivity contribution is -0.885. The van der Waals surface area contributed by atoms with Gasteiger partial charge in [0.1, 0.15) is 5.82 Å². The van der Waals surface area contributed by atoms with Crippen LogP contribution in [0.2, 0.25) is 0 Å². The van der Waals surface area contributed by atoms with Crippen molar-refractivity contribution in [2.45, 2.75) is 18.9 Å². The highest BCUT2D eigenvalue weighted by molar-refractivity contribution is 7.89. The van der Waals surface area contributed by atoms with Gasteiger partial charge >= 0.3 is 0 Å². The van der Waals surface area contributed by atoms with Gasteiger partial charge in [0.25, 0.3) is 5.91 Å². The van der Waals surface area contributed by atoms with Gasteiger partial charge in [-0.1, -0.05) is 0 Å². The van der Waals surface area contributed by atoms with E-state index in [1.807, 2.05) is 0 Å². The number of rotatable bonds is 6. The molecular formula is C16H25FN3O3S+. The molecule has 1 fully saturated rings. The number of nitrogens with one attached hydrogen (secondary N) is 2. The van der Waals surface area contributed by atoms with Gasteiger partial charge in [-0.3, -0.25) is 4.79 Å². The topological polar surface area (TPSA) is 70.9 Å². The molecule has 1 heterocycles. The fourth-order valence-electron chi connectivity index (χ4n) is 2.83. The number of halogens is 1. The first-order chi connectivity index (χ1) is 11.3. The smallest absolute Gasteiger partial charge is 0.251 e. The van der Waals surface area contributed by atoms with E-state index in [1.165, 1.54) is 33.5 Å². The summed E-state index contributed by atoms with van der Waals surface area (Å²) in [4.78, 5) is 13.3. The zero-order chi connectivity index (χ0) is 17.7. The third-order valence-electron chi connectivity index (χ3n) is 4.51. The molecule has 134 valence electrons. The number of quaternary nitrogens is 1. The Bertz CT molecular complexity index is 656. The van der Waals surface area contributed by atoms with Crippen molar-refractivity contribution in [2.24, 2.45) is 0 Å². The lowest BCUT2D eigenvalue weighted by Crippen LogP contribution is -3.10. The molecule has 8 heteroatoms. The van der Waals surface area contributed by atoms with Gasteiger partial charge in [-0.25, -0.2) is 17.1 Å². The van der Waals surface area contributed by atoms with Crippen molar-refractivity contribution in [3.63, 3.8) is 0 Å². The molecule has 0 atom stereocenters. The molecule has 0 unspecified atom stereocenters. The Morgan fingerprint density at radius 2 is 1.88 bits per heavy atom. The predicted octanol–water partition coefficient (Wildman–Crippen LogP) is -0.506. The average Bonchev–Trinajstić information content (AvgIpc) is 2.55. The van der Waals surface area contributed by atoms with Crippen LogP contribution in [0, 0.1) is 5.82 Å². The van der Waals surface area contributed by atoms with E-state index < -0.39 is 21.7 Å². The summed E-state index contributed by atoms with van der Waals surface area (Å²) in [6, 6.07) is 5.16. The first-order valence-corrected chi connectivity index (χ1v) is 9.71. The van der Waals surface area contributed by atoms with E-state index in [0.717, 1.165) is 25.9 Å². The van der Waals surface area contributed by atoms with Crippen LogP contribution in [-0.2, 0) is 10.0 Å². The maximum Gasteiger partial charge on any atom is 0.251 e. The van der Waals surface area contributed by atoms with Crippen molar-refractivity contribution in [1.82, 2.24) is 9.62 Å². The number of carbonyl (C=O) groups excluding carboxylic acids is 1. The van der Waals surface area contributed by atoms with Crippen LogP contribution in [0.5, 0.6) is 0 Å². The molecule has 1 amide bonds. The van der Waals surface area contributed by atoms with Gasteiger partial charge in [0, 0.05) is 38.0 Å². The van der Waals surface area contributed by atoms with E-state index in [2.05, 4.69) is 12.4 Å². The Hall–Kier alpha value is -1.51. The highest BCUT2D eigenvalue weighted by Gasteiger charge is 2.30. The van der Waals surface area contributed by atoms with Crippen LogP contribution >= 0.6 is 0 Å². The number of benzene rings is 1. The lowest BCUT2D eigenvalue weighted by atomic mass is 10.1. The monoisotopic (exact) mass is 358 g/mol. The summed E-state index contributed by atoms with van der Waals surface area (Å²) in [6.45, 7) is 1.96. The number of hydrogen-bond donors (Lipinski definition) is 2. The zero-order valence-corrected chi connectivity index (χ0v) is 14.9. The number of piperidine rings is 1. The zero-order valence-electron chi connectivity index (χ0n) is 14.1. The molecule has 1 aliphatic rings. The molecule has 0 aromatic heterocycles. The van der Waals surface area contributed by atoms with Crippen molar-refractivity contribution in [2.75, 3.05) is 39.5 Å². The quantitative estimate of drug-likeness (QED) is 0.720. The Morgan fingerprint density at radius 3 is 2.46 bits per heavy atom. The largest absolute Gasteiger partial charge is 0.351 e. The molecule has 0 bridgehead atoms. The molecule has 2 N–H and O–H groups in total. The van der Waals surface area contributed by atoms with Crippen LogP contribution in [0.15, 0.2) is 24.3 Å². The molecule has 0 saturated carbocycles. The Morgan fingerprint density at radius 1 is 1.29 bits per heavy atom. The van der Waals surface area contributed by atoms with E-state index in [9.17, 15) is 17.6 Å². The summed E-state index contributed by atoms with van der Waals surface area (Å²) in [5, 5.41) is 2.57. The number of sulfonamides is 1. The normalized spacial score (nSPS) is 21.7. The molecule has 6 nitrogen and oxygen atoms in total. The Balaban J connectivity index is 1.83. The summed E-state index contributed by atoms with van der Waals surface area (Å²) in [6.07, 6.45) is 1.70. The second kappa shape index (κ2) is 8.04. The standard InChI is InChI=1S/C16H24FN3O3S/c1-19-10-7-15(8-11-19)20(2)24(22,23)12-9-18-16(21)13-3-5-14(17)6-4-13/h3-6,15H,7-12H2,1-2H3,(H,18,21)/p+1. The van der Waals surface area contributed by atoms with E-state index >= 15 is 0 Å². The SMILES string of the molecule is CN(C1CC[NH+](C)CC1)S(=O)(=O)CCNC(=O)c1ccc(F)cc1. The maximum absolute atomic E-state index is 12.8. The molecule has 0 aliphatic carbocycles. The van der Waals surface area contributed by atoms with Gasteiger partial charge < -0.3 is 10.2 Å².